The summed E-state index contributed by atoms with van der Waals surface area (Å²) in [5.41, 5.74) is -0.937. The highest BCUT2D eigenvalue weighted by Crippen LogP contribution is 2.13. The fourth-order valence-electron chi connectivity index (χ4n) is 3.36. The molecular weight excluding hydrogens is 393 g/mol. The normalized spacial score (nSPS) is 14.9. The van der Waals surface area contributed by atoms with E-state index in [1.54, 1.807) is 0 Å². The molecule has 0 unspecified atom stereocenters. The van der Waals surface area contributed by atoms with Crippen LogP contribution in [0.15, 0.2) is 33.9 Å². The van der Waals surface area contributed by atoms with Gasteiger partial charge in [0.05, 0.1) is 12.3 Å². The summed E-state index contributed by atoms with van der Waals surface area (Å²) in [7, 11) is 1.35. The van der Waals surface area contributed by atoms with E-state index < -0.39 is 17.1 Å². The van der Waals surface area contributed by atoms with Gasteiger partial charge in [-0.1, -0.05) is 5.10 Å². The number of rotatable bonds is 6. The molecule has 0 aliphatic carbocycles. The Labute approximate surface area is 170 Å². The Morgan fingerprint density at radius 3 is 2.60 bits per heavy atom. The molecule has 4 rings (SSSR count). The van der Waals surface area contributed by atoms with Crippen LogP contribution in [0.5, 0.6) is 6.01 Å². The fraction of sp³-hybridized carbons (Fsp3) is 0.421. The molecule has 0 radical (unpaired) electrons. The van der Waals surface area contributed by atoms with Crippen molar-refractivity contribution in [2.45, 2.75) is 6.42 Å². The number of hydrogen-bond donors (Lipinski definition) is 1. The average Bonchev–Trinajstić information content (AvgIpc) is 2.77. The van der Waals surface area contributed by atoms with Crippen LogP contribution in [0.2, 0.25) is 0 Å². The van der Waals surface area contributed by atoms with E-state index in [-0.39, 0.29) is 17.2 Å². The van der Waals surface area contributed by atoms with Crippen LogP contribution < -0.4 is 21.3 Å². The zero-order chi connectivity index (χ0) is 21.1. The predicted molar refractivity (Wildman–Crippen MR) is 108 cm³/mol. The zero-order valence-electron chi connectivity index (χ0n) is 16.5. The molecule has 1 fully saturated rings. The Hall–Kier alpha value is -3.18. The highest BCUT2D eigenvalue weighted by atomic mass is 19.1. The van der Waals surface area contributed by atoms with E-state index in [4.69, 9.17) is 4.74 Å². The van der Waals surface area contributed by atoms with Crippen LogP contribution in [-0.4, -0.2) is 68.5 Å². The maximum Gasteiger partial charge on any atom is 0.337 e. The topological polar surface area (TPSA) is 107 Å². The second-order valence-corrected chi connectivity index (χ2v) is 7.02. The number of nitrogens with one attached hydrogen (secondary N) is 1. The van der Waals surface area contributed by atoms with E-state index in [1.807, 2.05) is 0 Å². The van der Waals surface area contributed by atoms with Crippen molar-refractivity contribution in [2.75, 3.05) is 39.3 Å². The third-order valence-electron chi connectivity index (χ3n) is 4.99. The van der Waals surface area contributed by atoms with E-state index in [9.17, 15) is 14.0 Å². The quantitative estimate of drug-likeness (QED) is 0.547. The van der Waals surface area contributed by atoms with Crippen molar-refractivity contribution >= 4 is 11.2 Å². The van der Waals surface area contributed by atoms with Gasteiger partial charge in [-0.05, 0) is 30.7 Å². The molecular formula is C19H22FN7O3. The Kier molecular flexibility index (Phi) is 5.81. The van der Waals surface area contributed by atoms with Crippen molar-refractivity contribution in [2.24, 2.45) is 7.05 Å². The number of hydrogen-bond acceptors (Lipinski definition) is 8. The highest BCUT2D eigenvalue weighted by Gasteiger charge is 2.17. The summed E-state index contributed by atoms with van der Waals surface area (Å²) in [4.78, 5) is 31.7. The SMILES string of the molecule is Cn1c(=O)c2nc(OCCCN3CCNCC3)nnc2n(-c2ccc(F)cc2)c1=O. The summed E-state index contributed by atoms with van der Waals surface area (Å²) in [5.74, 6) is -0.443. The van der Waals surface area contributed by atoms with Crippen LogP contribution in [0.1, 0.15) is 6.42 Å². The first kappa shape index (κ1) is 20.1. The van der Waals surface area contributed by atoms with Gasteiger partial charge in [0.1, 0.15) is 5.82 Å². The molecule has 10 nitrogen and oxygen atoms in total. The minimum Gasteiger partial charge on any atom is -0.462 e. The van der Waals surface area contributed by atoms with Crippen molar-refractivity contribution in [1.82, 2.24) is 34.5 Å². The smallest absolute Gasteiger partial charge is 0.337 e. The number of piperazine rings is 1. The number of ether oxygens (including phenoxy) is 1. The Bertz CT molecular complexity index is 1150. The number of benzene rings is 1. The van der Waals surface area contributed by atoms with Gasteiger partial charge in [-0.15, -0.1) is 5.10 Å². The van der Waals surface area contributed by atoms with Gasteiger partial charge < -0.3 is 15.0 Å². The van der Waals surface area contributed by atoms with Crippen LogP contribution in [-0.2, 0) is 7.05 Å². The first-order valence-electron chi connectivity index (χ1n) is 9.73. The van der Waals surface area contributed by atoms with Crippen LogP contribution in [0.25, 0.3) is 16.9 Å². The lowest BCUT2D eigenvalue weighted by molar-refractivity contribution is 0.208. The fourth-order valence-corrected chi connectivity index (χ4v) is 3.36. The maximum absolute atomic E-state index is 13.3. The van der Waals surface area contributed by atoms with Gasteiger partial charge in [0, 0.05) is 39.8 Å². The molecule has 0 atom stereocenters. The van der Waals surface area contributed by atoms with Gasteiger partial charge >= 0.3 is 11.7 Å². The lowest BCUT2D eigenvalue weighted by Crippen LogP contribution is -2.44. The van der Waals surface area contributed by atoms with Gasteiger partial charge in [0.15, 0.2) is 11.2 Å². The van der Waals surface area contributed by atoms with Crippen LogP contribution in [0.4, 0.5) is 4.39 Å². The van der Waals surface area contributed by atoms with Gasteiger partial charge in [-0.3, -0.25) is 9.36 Å². The highest BCUT2D eigenvalue weighted by molar-refractivity contribution is 5.70. The molecule has 0 amide bonds. The van der Waals surface area contributed by atoms with Crippen molar-refractivity contribution < 1.29 is 9.13 Å². The predicted octanol–water partition coefficient (Wildman–Crippen LogP) is -0.312. The van der Waals surface area contributed by atoms with Crippen LogP contribution in [0.3, 0.4) is 0 Å². The monoisotopic (exact) mass is 415 g/mol. The van der Waals surface area contributed by atoms with E-state index in [0.717, 1.165) is 43.7 Å². The maximum atomic E-state index is 13.3. The van der Waals surface area contributed by atoms with Gasteiger partial charge in [-0.2, -0.15) is 4.98 Å². The van der Waals surface area contributed by atoms with Gasteiger partial charge in [-0.25, -0.2) is 13.8 Å². The van der Waals surface area contributed by atoms with E-state index in [2.05, 4.69) is 25.4 Å². The summed E-state index contributed by atoms with van der Waals surface area (Å²) in [6, 6.07) is 5.25. The van der Waals surface area contributed by atoms with Crippen molar-refractivity contribution in [3.8, 4) is 11.7 Å². The molecule has 3 aromatic rings. The average molecular weight is 415 g/mol. The molecule has 0 spiro atoms. The molecule has 1 aliphatic heterocycles. The molecule has 11 heteroatoms. The minimum absolute atomic E-state index is 0.0112. The molecule has 0 saturated carbocycles. The first-order chi connectivity index (χ1) is 14.5. The summed E-state index contributed by atoms with van der Waals surface area (Å²) >= 11 is 0. The molecule has 3 heterocycles. The zero-order valence-corrected chi connectivity index (χ0v) is 16.5. The Morgan fingerprint density at radius 1 is 1.13 bits per heavy atom. The summed E-state index contributed by atoms with van der Waals surface area (Å²) in [6.07, 6.45) is 0.786. The lowest BCUT2D eigenvalue weighted by Gasteiger charge is -2.26. The molecule has 0 bridgehead atoms. The second kappa shape index (κ2) is 8.67. The third-order valence-corrected chi connectivity index (χ3v) is 4.99. The van der Waals surface area contributed by atoms with E-state index >= 15 is 0 Å². The number of halogens is 1. The standard InChI is InChI=1S/C19H22FN7O3/c1-25-17(28)15-16(27(19(25)29)14-5-3-13(20)4-6-14)23-24-18(22-15)30-12-2-9-26-10-7-21-8-11-26/h3-6,21H,2,7-12H2,1H3. The summed E-state index contributed by atoms with van der Waals surface area (Å²) in [5, 5.41) is 11.2. The molecule has 158 valence electrons. The number of aromatic nitrogens is 5. The van der Waals surface area contributed by atoms with E-state index in [0.29, 0.717) is 12.3 Å². The van der Waals surface area contributed by atoms with Gasteiger partial charge in [0.2, 0.25) is 0 Å². The minimum atomic E-state index is -0.625. The summed E-state index contributed by atoms with van der Waals surface area (Å²) in [6.45, 7) is 5.26. The molecule has 1 saturated heterocycles. The molecule has 30 heavy (non-hydrogen) atoms. The molecule has 1 N–H and O–H groups in total. The van der Waals surface area contributed by atoms with Crippen LogP contribution >= 0.6 is 0 Å². The molecule has 1 aromatic carbocycles. The second-order valence-electron chi connectivity index (χ2n) is 7.02. The number of fused-ring (bicyclic) bond motifs is 1. The largest absolute Gasteiger partial charge is 0.462 e. The van der Waals surface area contributed by atoms with E-state index in [1.165, 1.54) is 35.9 Å². The molecule has 1 aliphatic rings. The summed E-state index contributed by atoms with van der Waals surface area (Å²) < 4.78 is 20.9. The van der Waals surface area contributed by atoms with Crippen molar-refractivity contribution in [3.63, 3.8) is 0 Å². The Balaban J connectivity index is 1.58. The van der Waals surface area contributed by atoms with Crippen molar-refractivity contribution in [3.05, 3.63) is 50.9 Å². The van der Waals surface area contributed by atoms with Crippen LogP contribution in [0, 0.1) is 5.82 Å². The Morgan fingerprint density at radius 2 is 1.87 bits per heavy atom. The third kappa shape index (κ3) is 4.07. The lowest BCUT2D eigenvalue weighted by atomic mass is 10.3. The number of nitrogens with zero attached hydrogens (tertiary/aromatic N) is 6. The molecule has 2 aromatic heterocycles. The first-order valence-corrected chi connectivity index (χ1v) is 9.73. The van der Waals surface area contributed by atoms with Gasteiger partial charge in [0.25, 0.3) is 5.56 Å². The van der Waals surface area contributed by atoms with Crippen molar-refractivity contribution in [1.29, 1.82) is 0 Å².